The molecule has 4 rings (SSSR count). The second kappa shape index (κ2) is 8.38. The second-order valence-electron chi connectivity index (χ2n) is 6.28. The highest BCUT2D eigenvalue weighted by atomic mass is 32.1. The lowest BCUT2D eigenvalue weighted by Gasteiger charge is -2.15. The van der Waals surface area contributed by atoms with Gasteiger partial charge in [0.2, 0.25) is 5.75 Å². The van der Waals surface area contributed by atoms with Crippen LogP contribution in [0.25, 0.3) is 20.8 Å². The van der Waals surface area contributed by atoms with E-state index in [1.165, 1.54) is 21.3 Å². The molecule has 0 spiro atoms. The number of hydrogen-bond donors (Lipinski definition) is 1. The van der Waals surface area contributed by atoms with Crippen molar-refractivity contribution in [1.29, 1.82) is 0 Å². The summed E-state index contributed by atoms with van der Waals surface area (Å²) in [6.45, 7) is 0. The summed E-state index contributed by atoms with van der Waals surface area (Å²) >= 11 is 1.60. The summed E-state index contributed by atoms with van der Waals surface area (Å²) in [6.07, 6.45) is 3.51. The number of rotatable bonds is 6. The Labute approximate surface area is 177 Å². The molecule has 152 valence electrons. The average Bonchev–Trinajstić information content (AvgIpc) is 3.22. The summed E-state index contributed by atoms with van der Waals surface area (Å²) < 4.78 is 17.1. The molecule has 0 bridgehead atoms. The van der Waals surface area contributed by atoms with Gasteiger partial charge in [-0.25, -0.2) is 4.98 Å². The van der Waals surface area contributed by atoms with E-state index in [0.717, 1.165) is 20.8 Å². The van der Waals surface area contributed by atoms with E-state index in [0.29, 0.717) is 28.5 Å². The first kappa shape index (κ1) is 19.7. The van der Waals surface area contributed by atoms with Gasteiger partial charge in [-0.3, -0.25) is 9.78 Å². The van der Waals surface area contributed by atoms with E-state index in [4.69, 9.17) is 14.2 Å². The van der Waals surface area contributed by atoms with Crippen molar-refractivity contribution in [2.45, 2.75) is 0 Å². The number of nitrogens with zero attached hydrogens (tertiary/aromatic N) is 2. The smallest absolute Gasteiger partial charge is 0.259 e. The molecular formula is C22H19N3O4S. The van der Waals surface area contributed by atoms with Crippen molar-refractivity contribution in [3.05, 3.63) is 60.4 Å². The molecule has 0 saturated heterocycles. The maximum absolute atomic E-state index is 12.8. The topological polar surface area (TPSA) is 82.6 Å². The number of fused-ring (bicyclic) bond motifs is 1. The first-order chi connectivity index (χ1) is 14.6. The first-order valence-corrected chi connectivity index (χ1v) is 9.87. The third-order valence-corrected chi connectivity index (χ3v) is 5.61. The van der Waals surface area contributed by atoms with E-state index >= 15 is 0 Å². The van der Waals surface area contributed by atoms with Crippen molar-refractivity contribution < 1.29 is 19.0 Å². The van der Waals surface area contributed by atoms with Gasteiger partial charge in [-0.15, -0.1) is 11.3 Å². The average molecular weight is 421 g/mol. The monoisotopic (exact) mass is 421 g/mol. The minimum atomic E-state index is -0.313. The van der Waals surface area contributed by atoms with Crippen molar-refractivity contribution >= 4 is 33.1 Å². The zero-order valence-electron chi connectivity index (χ0n) is 16.6. The largest absolute Gasteiger partial charge is 0.493 e. The number of carbonyl (C=O) groups excluding carboxylic acids is 1. The SMILES string of the molecule is COc1ccc(C(=O)Nc2ccc(-c3nc4cnccc4s3)cc2)c(OC)c1OC. The predicted molar refractivity (Wildman–Crippen MR) is 117 cm³/mol. The van der Waals surface area contributed by atoms with E-state index in [-0.39, 0.29) is 5.91 Å². The van der Waals surface area contributed by atoms with Crippen LogP contribution >= 0.6 is 11.3 Å². The highest BCUT2D eigenvalue weighted by Gasteiger charge is 2.20. The van der Waals surface area contributed by atoms with Crippen LogP contribution in [0.3, 0.4) is 0 Å². The van der Waals surface area contributed by atoms with Crippen LogP contribution in [-0.4, -0.2) is 37.2 Å². The lowest BCUT2D eigenvalue weighted by atomic mass is 10.1. The highest BCUT2D eigenvalue weighted by molar-refractivity contribution is 7.21. The van der Waals surface area contributed by atoms with Crippen molar-refractivity contribution in [3.8, 4) is 27.8 Å². The maximum atomic E-state index is 12.8. The summed E-state index contributed by atoms with van der Waals surface area (Å²) in [6, 6.07) is 12.8. The summed E-state index contributed by atoms with van der Waals surface area (Å²) in [5.74, 6) is 0.857. The molecule has 0 atom stereocenters. The van der Waals surface area contributed by atoms with E-state index in [1.807, 2.05) is 30.3 Å². The predicted octanol–water partition coefficient (Wildman–Crippen LogP) is 4.64. The Kier molecular flexibility index (Phi) is 5.49. The molecular weight excluding hydrogens is 402 g/mol. The van der Waals surface area contributed by atoms with E-state index in [2.05, 4.69) is 15.3 Å². The van der Waals surface area contributed by atoms with Gasteiger partial charge in [0.05, 0.1) is 37.8 Å². The molecule has 0 aliphatic heterocycles. The quantitative estimate of drug-likeness (QED) is 0.489. The molecule has 1 amide bonds. The van der Waals surface area contributed by atoms with E-state index in [1.54, 1.807) is 35.9 Å². The molecule has 0 unspecified atom stereocenters. The standard InChI is InChI=1S/C22H19N3O4S/c1-27-17-9-8-15(19(28-2)20(17)29-3)21(26)24-14-6-4-13(5-7-14)22-25-16-12-23-11-10-18(16)30-22/h4-12H,1-3H3,(H,24,26). The Morgan fingerprint density at radius 2 is 1.70 bits per heavy atom. The summed E-state index contributed by atoms with van der Waals surface area (Å²) in [7, 11) is 4.51. The van der Waals surface area contributed by atoms with Gasteiger partial charge >= 0.3 is 0 Å². The zero-order chi connectivity index (χ0) is 21.1. The van der Waals surface area contributed by atoms with E-state index in [9.17, 15) is 4.79 Å². The molecule has 1 N–H and O–H groups in total. The number of methoxy groups -OCH3 is 3. The number of pyridine rings is 1. The number of benzene rings is 2. The minimum absolute atomic E-state index is 0.313. The fourth-order valence-electron chi connectivity index (χ4n) is 3.08. The Bertz CT molecular complexity index is 1170. The van der Waals surface area contributed by atoms with Crippen molar-refractivity contribution in [3.63, 3.8) is 0 Å². The molecule has 0 saturated carbocycles. The highest BCUT2D eigenvalue weighted by Crippen LogP contribution is 2.40. The molecule has 2 heterocycles. The van der Waals surface area contributed by atoms with Gasteiger partial charge in [-0.1, -0.05) is 0 Å². The Hall–Kier alpha value is -3.65. The van der Waals surface area contributed by atoms with Crippen LogP contribution in [0, 0.1) is 0 Å². The fraction of sp³-hybridized carbons (Fsp3) is 0.136. The fourth-order valence-corrected chi connectivity index (χ4v) is 4.02. The number of nitrogens with one attached hydrogen (secondary N) is 1. The lowest BCUT2D eigenvalue weighted by Crippen LogP contribution is -2.14. The summed E-state index contributed by atoms with van der Waals surface area (Å²) in [5.41, 5.74) is 2.84. The molecule has 0 aliphatic rings. The number of thiazole rings is 1. The molecule has 7 nitrogen and oxygen atoms in total. The van der Waals surface area contributed by atoms with Crippen LogP contribution in [0.4, 0.5) is 5.69 Å². The number of aromatic nitrogens is 2. The minimum Gasteiger partial charge on any atom is -0.493 e. The van der Waals surface area contributed by atoms with Crippen molar-refractivity contribution in [1.82, 2.24) is 9.97 Å². The summed E-state index contributed by atoms with van der Waals surface area (Å²) in [5, 5.41) is 3.79. The van der Waals surface area contributed by atoms with Gasteiger partial charge in [0.1, 0.15) is 10.5 Å². The Morgan fingerprint density at radius 1 is 0.933 bits per heavy atom. The number of carbonyl (C=O) groups is 1. The van der Waals surface area contributed by atoms with Gasteiger partial charge in [-0.05, 0) is 42.5 Å². The second-order valence-corrected chi connectivity index (χ2v) is 7.31. The molecule has 8 heteroatoms. The summed E-state index contributed by atoms with van der Waals surface area (Å²) in [4.78, 5) is 21.5. The van der Waals surface area contributed by atoms with Gasteiger partial charge in [0, 0.05) is 17.4 Å². The van der Waals surface area contributed by atoms with Crippen LogP contribution in [0.1, 0.15) is 10.4 Å². The normalized spacial score (nSPS) is 10.6. The Balaban J connectivity index is 1.57. The van der Waals surface area contributed by atoms with Crippen LogP contribution in [0.15, 0.2) is 54.9 Å². The number of anilines is 1. The van der Waals surface area contributed by atoms with Crippen LogP contribution in [-0.2, 0) is 0 Å². The number of ether oxygens (including phenoxy) is 3. The zero-order valence-corrected chi connectivity index (χ0v) is 17.4. The van der Waals surface area contributed by atoms with Gasteiger partial charge in [0.25, 0.3) is 5.91 Å². The van der Waals surface area contributed by atoms with Gasteiger partial charge in [0.15, 0.2) is 11.5 Å². The van der Waals surface area contributed by atoms with E-state index < -0.39 is 0 Å². The molecule has 2 aromatic carbocycles. The van der Waals surface area contributed by atoms with Crippen LogP contribution in [0.2, 0.25) is 0 Å². The third kappa shape index (κ3) is 3.65. The van der Waals surface area contributed by atoms with Crippen LogP contribution < -0.4 is 19.5 Å². The number of amides is 1. The Morgan fingerprint density at radius 3 is 2.37 bits per heavy atom. The van der Waals surface area contributed by atoms with Crippen LogP contribution in [0.5, 0.6) is 17.2 Å². The van der Waals surface area contributed by atoms with Crippen molar-refractivity contribution in [2.24, 2.45) is 0 Å². The molecule has 0 radical (unpaired) electrons. The van der Waals surface area contributed by atoms with Gasteiger partial charge in [-0.2, -0.15) is 0 Å². The number of hydrogen-bond acceptors (Lipinski definition) is 7. The molecule has 2 aromatic heterocycles. The molecule has 0 fully saturated rings. The third-order valence-electron chi connectivity index (χ3n) is 4.53. The van der Waals surface area contributed by atoms with Gasteiger partial charge < -0.3 is 19.5 Å². The van der Waals surface area contributed by atoms with Crippen molar-refractivity contribution in [2.75, 3.05) is 26.6 Å². The molecule has 30 heavy (non-hydrogen) atoms. The lowest BCUT2D eigenvalue weighted by molar-refractivity contribution is 0.102. The molecule has 0 aliphatic carbocycles. The maximum Gasteiger partial charge on any atom is 0.259 e. The molecule has 4 aromatic rings. The first-order valence-electron chi connectivity index (χ1n) is 9.06.